The standard InChI is InChI=1S/C16H23F3N2O3S2/c1-2-3-4-20-26(22,23)21-8-13(25)6-12(21)10-24-9-11-5-15(18)16(19)7-14(11)17/h5,7,12-13,20,25H,2-4,6,8-10H2,1H3/t12-,13+/m0/s1. The van der Waals surface area contributed by atoms with Gasteiger partial charge < -0.3 is 4.74 Å². The summed E-state index contributed by atoms with van der Waals surface area (Å²) in [6.45, 7) is 2.28. The van der Waals surface area contributed by atoms with Crippen LogP contribution in [0, 0.1) is 17.5 Å². The van der Waals surface area contributed by atoms with Crippen LogP contribution in [0.2, 0.25) is 0 Å². The lowest BCUT2D eigenvalue weighted by molar-refractivity contribution is 0.0849. The van der Waals surface area contributed by atoms with Crippen LogP contribution in [0.1, 0.15) is 31.7 Å². The number of nitrogens with zero attached hydrogens (tertiary/aromatic N) is 1. The summed E-state index contributed by atoms with van der Waals surface area (Å²) < 4.78 is 73.8. The van der Waals surface area contributed by atoms with Gasteiger partial charge in [0.1, 0.15) is 5.82 Å². The quantitative estimate of drug-likeness (QED) is 0.372. The van der Waals surface area contributed by atoms with Crippen LogP contribution in [-0.2, 0) is 21.6 Å². The molecule has 1 aliphatic rings. The van der Waals surface area contributed by atoms with Crippen molar-refractivity contribution >= 4 is 22.8 Å². The third-order valence-electron chi connectivity index (χ3n) is 4.12. The third kappa shape index (κ3) is 5.59. The topological polar surface area (TPSA) is 58.6 Å². The summed E-state index contributed by atoms with van der Waals surface area (Å²) in [6, 6.07) is 0.744. The molecule has 5 nitrogen and oxygen atoms in total. The number of hydrogen-bond acceptors (Lipinski definition) is 4. The Labute approximate surface area is 157 Å². The van der Waals surface area contributed by atoms with Gasteiger partial charge in [0.15, 0.2) is 11.6 Å². The minimum absolute atomic E-state index is 0.00415. The van der Waals surface area contributed by atoms with E-state index in [0.717, 1.165) is 18.9 Å². The van der Waals surface area contributed by atoms with E-state index in [1.807, 2.05) is 6.92 Å². The highest BCUT2D eigenvalue weighted by Crippen LogP contribution is 2.25. The Balaban J connectivity index is 1.96. The molecule has 0 aromatic heterocycles. The number of benzene rings is 1. The average molecular weight is 412 g/mol. The van der Waals surface area contributed by atoms with Crippen LogP contribution >= 0.6 is 12.6 Å². The first-order valence-corrected chi connectivity index (χ1v) is 10.4. The van der Waals surface area contributed by atoms with Crippen LogP contribution in [0.15, 0.2) is 12.1 Å². The molecule has 1 saturated heterocycles. The molecule has 148 valence electrons. The smallest absolute Gasteiger partial charge is 0.279 e. The Morgan fingerprint density at radius 1 is 1.27 bits per heavy atom. The average Bonchev–Trinajstić information content (AvgIpc) is 2.94. The maximum atomic E-state index is 13.6. The van der Waals surface area contributed by atoms with Gasteiger partial charge in [0.2, 0.25) is 0 Å². The first kappa shape index (κ1) is 21.5. The van der Waals surface area contributed by atoms with Crippen molar-refractivity contribution in [3.05, 3.63) is 35.1 Å². The molecular formula is C16H23F3N2O3S2. The van der Waals surface area contributed by atoms with E-state index < -0.39 is 33.7 Å². The predicted octanol–water partition coefficient (Wildman–Crippen LogP) is 2.63. The highest BCUT2D eigenvalue weighted by atomic mass is 32.2. The van der Waals surface area contributed by atoms with E-state index in [-0.39, 0.29) is 30.6 Å². The molecule has 0 unspecified atom stereocenters. The highest BCUT2D eigenvalue weighted by molar-refractivity contribution is 7.87. The van der Waals surface area contributed by atoms with Gasteiger partial charge in [-0.1, -0.05) is 13.3 Å². The summed E-state index contributed by atoms with van der Waals surface area (Å²) in [5.74, 6) is -3.34. The lowest BCUT2D eigenvalue weighted by atomic mass is 10.2. The van der Waals surface area contributed by atoms with Crippen LogP contribution in [0.5, 0.6) is 0 Å². The lowest BCUT2D eigenvalue weighted by Gasteiger charge is -2.24. The minimum Gasteiger partial charge on any atom is -0.375 e. The molecule has 0 amide bonds. The number of ether oxygens (including phenoxy) is 1. The van der Waals surface area contributed by atoms with E-state index >= 15 is 0 Å². The Morgan fingerprint density at radius 2 is 1.96 bits per heavy atom. The maximum absolute atomic E-state index is 13.6. The van der Waals surface area contributed by atoms with E-state index in [1.54, 1.807) is 0 Å². The van der Waals surface area contributed by atoms with E-state index in [1.165, 1.54) is 4.31 Å². The zero-order valence-corrected chi connectivity index (χ0v) is 16.1. The molecule has 2 rings (SSSR count). The number of hydrogen-bond donors (Lipinski definition) is 2. The fraction of sp³-hybridized carbons (Fsp3) is 0.625. The molecule has 1 aromatic carbocycles. The van der Waals surface area contributed by atoms with E-state index in [2.05, 4.69) is 17.4 Å². The molecule has 0 aliphatic carbocycles. The van der Waals surface area contributed by atoms with Gasteiger partial charge in [-0.3, -0.25) is 0 Å². The van der Waals surface area contributed by atoms with Crippen LogP contribution in [-0.4, -0.2) is 43.7 Å². The van der Waals surface area contributed by atoms with Crippen molar-refractivity contribution in [2.75, 3.05) is 19.7 Å². The van der Waals surface area contributed by atoms with Crippen LogP contribution in [0.3, 0.4) is 0 Å². The van der Waals surface area contributed by atoms with Gasteiger partial charge in [0.25, 0.3) is 10.2 Å². The molecule has 10 heteroatoms. The molecule has 1 aromatic rings. The van der Waals surface area contributed by atoms with Crippen LogP contribution in [0.25, 0.3) is 0 Å². The van der Waals surface area contributed by atoms with Crippen molar-refractivity contribution in [3.8, 4) is 0 Å². The molecule has 0 bridgehead atoms. The highest BCUT2D eigenvalue weighted by Gasteiger charge is 2.38. The normalized spacial score (nSPS) is 21.4. The Kier molecular flexibility index (Phi) is 7.77. The lowest BCUT2D eigenvalue weighted by Crippen LogP contribution is -2.45. The monoisotopic (exact) mass is 412 g/mol. The second-order valence-electron chi connectivity index (χ2n) is 6.24. The van der Waals surface area contributed by atoms with Crippen LogP contribution in [0.4, 0.5) is 13.2 Å². The molecule has 0 radical (unpaired) electrons. The summed E-state index contributed by atoms with van der Waals surface area (Å²) >= 11 is 4.34. The van der Waals surface area contributed by atoms with Gasteiger partial charge in [0, 0.05) is 30.0 Å². The summed E-state index contributed by atoms with van der Waals surface area (Å²) in [4.78, 5) is 0. The molecule has 2 atom stereocenters. The number of thiol groups is 1. The number of halogens is 3. The van der Waals surface area contributed by atoms with E-state index in [9.17, 15) is 21.6 Å². The van der Waals surface area contributed by atoms with Gasteiger partial charge in [-0.05, 0) is 18.9 Å². The summed E-state index contributed by atoms with van der Waals surface area (Å²) in [5.41, 5.74) is -0.125. The largest absolute Gasteiger partial charge is 0.375 e. The van der Waals surface area contributed by atoms with E-state index in [4.69, 9.17) is 4.74 Å². The van der Waals surface area contributed by atoms with E-state index in [0.29, 0.717) is 19.0 Å². The zero-order valence-electron chi connectivity index (χ0n) is 14.4. The first-order chi connectivity index (χ1) is 12.2. The maximum Gasteiger partial charge on any atom is 0.279 e. The fourth-order valence-corrected chi connectivity index (χ4v) is 4.76. The number of unbranched alkanes of at least 4 members (excludes halogenated alkanes) is 1. The molecule has 1 N–H and O–H groups in total. The van der Waals surface area contributed by atoms with Crippen molar-refractivity contribution in [2.45, 2.75) is 44.1 Å². The molecule has 0 saturated carbocycles. The first-order valence-electron chi connectivity index (χ1n) is 8.40. The SMILES string of the molecule is CCCCNS(=O)(=O)N1C[C@H](S)C[C@H]1COCc1cc(F)c(F)cc1F. The predicted molar refractivity (Wildman–Crippen MR) is 95.7 cm³/mol. The van der Waals surface area contributed by atoms with Crippen molar-refractivity contribution < 1.29 is 26.3 Å². The molecule has 1 heterocycles. The minimum atomic E-state index is -3.66. The van der Waals surface area contributed by atoms with Gasteiger partial charge in [0.05, 0.1) is 19.3 Å². The van der Waals surface area contributed by atoms with Crippen LogP contribution < -0.4 is 4.72 Å². The van der Waals surface area contributed by atoms with Gasteiger partial charge in [-0.25, -0.2) is 17.9 Å². The molecule has 0 spiro atoms. The van der Waals surface area contributed by atoms with Crippen molar-refractivity contribution in [1.29, 1.82) is 0 Å². The van der Waals surface area contributed by atoms with Gasteiger partial charge >= 0.3 is 0 Å². The second kappa shape index (κ2) is 9.41. The number of rotatable bonds is 9. The summed E-state index contributed by atoms with van der Waals surface area (Å²) in [7, 11) is -3.66. The Bertz CT molecular complexity index is 719. The van der Waals surface area contributed by atoms with Crippen molar-refractivity contribution in [1.82, 2.24) is 9.03 Å². The van der Waals surface area contributed by atoms with Crippen molar-refractivity contribution in [3.63, 3.8) is 0 Å². The van der Waals surface area contributed by atoms with Gasteiger partial charge in [-0.15, -0.1) is 0 Å². The Morgan fingerprint density at radius 3 is 2.65 bits per heavy atom. The molecule has 1 fully saturated rings. The Hall–Kier alpha value is -0.810. The summed E-state index contributed by atoms with van der Waals surface area (Å²) in [5, 5.41) is -0.133. The second-order valence-corrected chi connectivity index (χ2v) is 8.68. The molecule has 1 aliphatic heterocycles. The van der Waals surface area contributed by atoms with Gasteiger partial charge in [-0.2, -0.15) is 25.4 Å². The fourth-order valence-electron chi connectivity index (χ4n) is 2.75. The molecule has 26 heavy (non-hydrogen) atoms. The summed E-state index contributed by atoms with van der Waals surface area (Å²) in [6.07, 6.45) is 2.08. The van der Waals surface area contributed by atoms with Crippen molar-refractivity contribution in [2.24, 2.45) is 0 Å². The number of nitrogens with one attached hydrogen (secondary N) is 1. The zero-order chi connectivity index (χ0) is 19.3. The molecular weight excluding hydrogens is 389 g/mol. The third-order valence-corrected chi connectivity index (χ3v) is 6.13.